The summed E-state index contributed by atoms with van der Waals surface area (Å²) in [5, 5.41) is 39.1. The van der Waals surface area contributed by atoms with Crippen LogP contribution in [0.25, 0.3) is 0 Å². The molecule has 6 fully saturated rings. The lowest BCUT2D eigenvalue weighted by atomic mass is 9.39. The molecule has 3 saturated heterocycles. The number of nitrogens with one attached hydrogen (secondary N) is 1. The average Bonchev–Trinajstić information content (AvgIpc) is 3.48. The lowest BCUT2D eigenvalue weighted by molar-refractivity contribution is -0.256. The summed E-state index contributed by atoms with van der Waals surface area (Å²) in [5.74, 6) is -3.12. The molecule has 15 heteroatoms. The molecule has 6 N–H and O–H groups in total. The number of benzene rings is 2. The van der Waals surface area contributed by atoms with Gasteiger partial charge >= 0.3 is 0 Å². The van der Waals surface area contributed by atoms with Crippen LogP contribution in [0.5, 0.6) is 17.2 Å². The Hall–Kier alpha value is -3.67. The van der Waals surface area contributed by atoms with E-state index in [4.69, 9.17) is 34.2 Å². The van der Waals surface area contributed by atoms with Crippen molar-refractivity contribution in [3.63, 3.8) is 0 Å². The highest BCUT2D eigenvalue weighted by molar-refractivity contribution is 6.31. The smallest absolute Gasteiger partial charge is 0.252 e. The number of hydrogen-bond donors (Lipinski definition) is 5. The summed E-state index contributed by atoms with van der Waals surface area (Å²) < 4.78 is 35.9. The van der Waals surface area contributed by atoms with Gasteiger partial charge in [0.25, 0.3) is 5.91 Å². The number of fused-ring (bicyclic) bond motifs is 6. The molecule has 52 heavy (non-hydrogen) atoms. The molecule has 5 aliphatic carbocycles. The number of methoxy groups -OCH3 is 2. The van der Waals surface area contributed by atoms with Gasteiger partial charge in [0.05, 0.1) is 42.6 Å². The maximum atomic E-state index is 14.1. The average molecular weight is 722 g/mol. The predicted molar refractivity (Wildman–Crippen MR) is 178 cm³/mol. The van der Waals surface area contributed by atoms with E-state index in [9.17, 15) is 29.7 Å². The Labute approximate surface area is 299 Å². The van der Waals surface area contributed by atoms with Gasteiger partial charge in [0.1, 0.15) is 29.0 Å². The van der Waals surface area contributed by atoms with Crippen LogP contribution in [0.2, 0.25) is 0 Å². The Bertz CT molecular complexity index is 1880. The third kappa shape index (κ3) is 4.70. The monoisotopic (exact) mass is 721 g/mol. The summed E-state index contributed by atoms with van der Waals surface area (Å²) in [6, 6.07) is 4.37. The zero-order valence-electron chi connectivity index (χ0n) is 29.2. The van der Waals surface area contributed by atoms with Crippen LogP contribution in [-0.4, -0.2) is 120 Å². The van der Waals surface area contributed by atoms with Crippen molar-refractivity contribution in [3.05, 3.63) is 51.6 Å². The zero-order valence-corrected chi connectivity index (χ0v) is 29.2. The van der Waals surface area contributed by atoms with E-state index in [1.165, 1.54) is 19.2 Å². The molecule has 3 aliphatic heterocycles. The molecule has 3 heterocycles. The van der Waals surface area contributed by atoms with Crippen LogP contribution in [0.3, 0.4) is 0 Å². The number of phenolic OH excluding ortho intramolecular Hbond substituents is 2. The summed E-state index contributed by atoms with van der Waals surface area (Å²) >= 11 is 0. The number of phenols is 2. The van der Waals surface area contributed by atoms with Gasteiger partial charge in [0.2, 0.25) is 5.78 Å². The lowest BCUT2D eigenvalue weighted by Gasteiger charge is -2.70. The van der Waals surface area contributed by atoms with Gasteiger partial charge in [-0.1, -0.05) is 12.1 Å². The second-order valence-corrected chi connectivity index (χ2v) is 15.7. The Morgan fingerprint density at radius 1 is 1.08 bits per heavy atom. The van der Waals surface area contributed by atoms with Gasteiger partial charge in [-0.15, -0.1) is 0 Å². The van der Waals surface area contributed by atoms with Crippen molar-refractivity contribution < 1.29 is 58.1 Å². The van der Waals surface area contributed by atoms with Crippen LogP contribution >= 0.6 is 0 Å². The molecule has 2 bridgehead atoms. The number of carbonyl (C=O) groups is 3. The first-order valence-electron chi connectivity index (χ1n) is 17.8. The lowest BCUT2D eigenvalue weighted by Crippen LogP contribution is -2.78. The van der Waals surface area contributed by atoms with Crippen molar-refractivity contribution in [3.8, 4) is 17.2 Å². The van der Waals surface area contributed by atoms with Crippen LogP contribution < -0.4 is 15.8 Å². The van der Waals surface area contributed by atoms with Crippen molar-refractivity contribution in [1.82, 2.24) is 10.2 Å². The minimum atomic E-state index is -2.12. The van der Waals surface area contributed by atoms with Gasteiger partial charge in [-0.2, -0.15) is 0 Å². The molecule has 8 atom stereocenters. The minimum absolute atomic E-state index is 0.00405. The summed E-state index contributed by atoms with van der Waals surface area (Å²) in [6.07, 6.45) is -2.30. The molecule has 2 aromatic rings. The fourth-order valence-corrected chi connectivity index (χ4v) is 10.2. The largest absolute Gasteiger partial charge is 0.507 e. The number of nitrogens with zero attached hydrogens (tertiary/aromatic N) is 1. The van der Waals surface area contributed by atoms with Gasteiger partial charge in [-0.05, 0) is 44.2 Å². The summed E-state index contributed by atoms with van der Waals surface area (Å²) in [5.41, 5.74) is 2.46. The number of nitrogens with two attached hydrogens (primary N) is 1. The fraction of sp³-hybridized carbons (Fsp3) is 0.595. The minimum Gasteiger partial charge on any atom is -0.507 e. The van der Waals surface area contributed by atoms with E-state index in [1.807, 2.05) is 6.92 Å². The van der Waals surface area contributed by atoms with E-state index in [-0.39, 0.29) is 52.0 Å². The molecule has 0 radical (unpaired) electrons. The second-order valence-electron chi connectivity index (χ2n) is 15.7. The van der Waals surface area contributed by atoms with Crippen molar-refractivity contribution in [1.29, 1.82) is 0 Å². The van der Waals surface area contributed by atoms with Crippen LogP contribution in [0.15, 0.2) is 18.2 Å². The standard InChI is InChI=1S/C37H43N3O12/c1-16-31-19(40-7-8-49-33(48-3)32(40)52-31)9-22(50-16)51-21-11-37(46,34(45)39-36-12-35(13-36,14-36)15-38)10-18-24(21)30(44)26-25(28(18)42)27(41)17-5-4-6-20(47-2)23(17)29(26)43/h4-6,16,19,21-22,31-33,42,44,46H,7-15,38H2,1-3H3,(H,39,45)/t16-,19-,21-,22-,31+,32+,33-,35?,36?,37-/m0/s1. The highest BCUT2D eigenvalue weighted by atomic mass is 16.7. The molecule has 0 spiro atoms. The molecule has 8 aliphatic rings. The van der Waals surface area contributed by atoms with Gasteiger partial charge in [0, 0.05) is 61.2 Å². The number of rotatable bonds is 7. The number of carbonyl (C=O) groups excluding carboxylic acids is 3. The number of amides is 1. The number of ketones is 2. The topological polar surface area (TPSA) is 209 Å². The van der Waals surface area contributed by atoms with E-state index in [2.05, 4.69) is 10.2 Å². The Morgan fingerprint density at radius 3 is 2.54 bits per heavy atom. The number of hydrogen-bond acceptors (Lipinski definition) is 14. The van der Waals surface area contributed by atoms with Crippen LogP contribution in [0.4, 0.5) is 0 Å². The van der Waals surface area contributed by atoms with E-state index in [0.717, 1.165) is 0 Å². The van der Waals surface area contributed by atoms with E-state index >= 15 is 0 Å². The van der Waals surface area contributed by atoms with Gasteiger partial charge in [0.15, 0.2) is 24.6 Å². The number of morpholine rings is 1. The molecule has 0 unspecified atom stereocenters. The first-order chi connectivity index (χ1) is 24.8. The molecule has 2 aromatic carbocycles. The van der Waals surface area contributed by atoms with Crippen molar-refractivity contribution in [2.75, 3.05) is 33.9 Å². The SMILES string of the molecule is COc1cccc2c1C(=O)c1c(O)c3c(c(O)c1C2=O)C[C@@](O)(C(=O)NC12CC(CN)(C1)C2)C[C@@H]3O[C@H]1C[C@H]2[C@H](O[C@@H]3[C@@H](OC)OCCN32)[C@H](C)O1. The van der Waals surface area contributed by atoms with Gasteiger partial charge < -0.3 is 54.8 Å². The molecule has 10 rings (SSSR count). The molecule has 15 nitrogen and oxygen atoms in total. The normalized spacial score (nSPS) is 38.5. The zero-order chi connectivity index (χ0) is 36.5. The second kappa shape index (κ2) is 11.7. The van der Waals surface area contributed by atoms with Crippen LogP contribution in [0.1, 0.15) is 88.1 Å². The van der Waals surface area contributed by atoms with Crippen LogP contribution in [0, 0.1) is 5.41 Å². The Morgan fingerprint density at radius 2 is 1.83 bits per heavy atom. The van der Waals surface area contributed by atoms with Crippen molar-refractivity contribution >= 4 is 17.5 Å². The third-order valence-corrected chi connectivity index (χ3v) is 12.6. The fourth-order valence-electron chi connectivity index (χ4n) is 10.2. The number of ether oxygens (including phenoxy) is 6. The number of aliphatic hydroxyl groups is 1. The summed E-state index contributed by atoms with van der Waals surface area (Å²) in [7, 11) is 2.92. The highest BCUT2D eigenvalue weighted by Gasteiger charge is 2.68. The maximum absolute atomic E-state index is 14.1. The molecule has 0 aromatic heterocycles. The van der Waals surface area contributed by atoms with Gasteiger partial charge in [-0.25, -0.2) is 0 Å². The number of aromatic hydroxyl groups is 2. The molecule has 3 saturated carbocycles. The van der Waals surface area contributed by atoms with Crippen molar-refractivity contribution in [2.45, 2.75) is 99.8 Å². The van der Waals surface area contributed by atoms with E-state index < -0.39 is 88.7 Å². The maximum Gasteiger partial charge on any atom is 0.252 e. The molecular formula is C37H43N3O12. The first-order valence-corrected chi connectivity index (χ1v) is 17.8. The Kier molecular flexibility index (Phi) is 7.65. The third-order valence-electron chi connectivity index (χ3n) is 12.6. The first kappa shape index (κ1) is 34.1. The quantitative estimate of drug-likeness (QED) is 0.217. The predicted octanol–water partition coefficient (Wildman–Crippen LogP) is 1.15. The Balaban J connectivity index is 1.10. The van der Waals surface area contributed by atoms with Crippen molar-refractivity contribution in [2.24, 2.45) is 11.1 Å². The summed E-state index contributed by atoms with van der Waals surface area (Å²) in [6.45, 7) is 3.40. The van der Waals surface area contributed by atoms with E-state index in [1.54, 1.807) is 13.2 Å². The molecule has 1 amide bonds. The molecular weight excluding hydrogens is 678 g/mol. The van der Waals surface area contributed by atoms with Gasteiger partial charge in [-0.3, -0.25) is 19.3 Å². The summed E-state index contributed by atoms with van der Waals surface area (Å²) in [4.78, 5) is 44.3. The molecule has 278 valence electrons. The van der Waals surface area contributed by atoms with E-state index in [0.29, 0.717) is 45.4 Å². The van der Waals surface area contributed by atoms with Crippen LogP contribution in [-0.2, 0) is 34.9 Å². The highest BCUT2D eigenvalue weighted by Crippen LogP contribution is 2.66.